The largest absolute Gasteiger partial charge is 0.324 e. The Labute approximate surface area is 136 Å². The Morgan fingerprint density at radius 1 is 1.38 bits per heavy atom. The van der Waals surface area contributed by atoms with Crippen LogP contribution >= 0.6 is 23.4 Å². The molecule has 3 atom stereocenters. The molecule has 2 nitrogen and oxygen atoms in total. The average molecular weight is 323 g/mol. The van der Waals surface area contributed by atoms with Crippen LogP contribution in [0.2, 0.25) is 0 Å². The number of aryl methyl sites for hydroxylation is 1. The fourth-order valence-electron chi connectivity index (χ4n) is 3.46. The molecule has 3 unspecified atom stereocenters. The van der Waals surface area contributed by atoms with Crippen LogP contribution in [0.5, 0.6) is 0 Å². The zero-order chi connectivity index (χ0) is 15.0. The Bertz CT molecular complexity index is 635. The number of hydrogen-bond acceptors (Lipinski definition) is 2. The van der Waals surface area contributed by atoms with Gasteiger partial charge in [-0.25, -0.2) is 4.98 Å². The van der Waals surface area contributed by atoms with E-state index in [9.17, 15) is 0 Å². The summed E-state index contributed by atoms with van der Waals surface area (Å²) in [5, 5.41) is 0.720. The van der Waals surface area contributed by atoms with E-state index in [0.717, 1.165) is 16.6 Å². The van der Waals surface area contributed by atoms with Crippen molar-refractivity contribution in [1.29, 1.82) is 0 Å². The highest BCUT2D eigenvalue weighted by atomic mass is 35.5. The van der Waals surface area contributed by atoms with Crippen LogP contribution in [0, 0.1) is 6.92 Å². The van der Waals surface area contributed by atoms with Crippen molar-refractivity contribution in [3.05, 3.63) is 29.6 Å². The fourth-order valence-corrected chi connectivity index (χ4v) is 4.43. The lowest BCUT2D eigenvalue weighted by Gasteiger charge is -2.31. The number of halogens is 1. The lowest BCUT2D eigenvalue weighted by atomic mass is 9.94. The summed E-state index contributed by atoms with van der Waals surface area (Å²) in [6.45, 7) is 4.15. The molecule has 0 amide bonds. The summed E-state index contributed by atoms with van der Waals surface area (Å²) in [7, 11) is 0. The molecule has 0 N–H and O–H groups in total. The van der Waals surface area contributed by atoms with Crippen molar-refractivity contribution in [2.75, 3.05) is 6.26 Å². The van der Waals surface area contributed by atoms with Gasteiger partial charge in [-0.15, -0.1) is 11.6 Å². The van der Waals surface area contributed by atoms with Gasteiger partial charge in [0.15, 0.2) is 0 Å². The van der Waals surface area contributed by atoms with E-state index in [4.69, 9.17) is 16.6 Å². The van der Waals surface area contributed by atoms with Crippen LogP contribution in [0.1, 0.15) is 55.4 Å². The van der Waals surface area contributed by atoms with E-state index < -0.39 is 0 Å². The first-order valence-electron chi connectivity index (χ1n) is 7.75. The molecule has 1 aromatic heterocycles. The predicted octanol–water partition coefficient (Wildman–Crippen LogP) is 5.49. The van der Waals surface area contributed by atoms with Crippen molar-refractivity contribution in [3.8, 4) is 0 Å². The van der Waals surface area contributed by atoms with Crippen molar-refractivity contribution < 1.29 is 0 Å². The van der Waals surface area contributed by atoms with Crippen molar-refractivity contribution in [1.82, 2.24) is 9.55 Å². The summed E-state index contributed by atoms with van der Waals surface area (Å²) < 4.78 is 2.43. The number of alkyl halides is 1. The lowest BCUT2D eigenvalue weighted by molar-refractivity contribution is 0.360. The molecule has 1 aliphatic rings. The van der Waals surface area contributed by atoms with Crippen LogP contribution in [-0.2, 0) is 0 Å². The van der Waals surface area contributed by atoms with E-state index in [1.54, 1.807) is 0 Å². The van der Waals surface area contributed by atoms with Gasteiger partial charge in [-0.05, 0) is 57.1 Å². The highest BCUT2D eigenvalue weighted by molar-refractivity contribution is 7.99. The van der Waals surface area contributed by atoms with E-state index in [-0.39, 0.29) is 5.38 Å². The minimum Gasteiger partial charge on any atom is -0.324 e. The third-order valence-electron chi connectivity index (χ3n) is 4.52. The van der Waals surface area contributed by atoms with E-state index in [0.29, 0.717) is 6.04 Å². The Kier molecular flexibility index (Phi) is 4.51. The number of hydrogen-bond donors (Lipinski definition) is 0. The van der Waals surface area contributed by atoms with Crippen molar-refractivity contribution in [2.24, 2.45) is 0 Å². The van der Waals surface area contributed by atoms with E-state index >= 15 is 0 Å². The summed E-state index contributed by atoms with van der Waals surface area (Å²) in [4.78, 5) is 4.82. The third-order valence-corrected chi connectivity index (χ3v) is 5.81. The second kappa shape index (κ2) is 6.21. The Morgan fingerprint density at radius 2 is 2.19 bits per heavy atom. The van der Waals surface area contributed by atoms with Gasteiger partial charge in [0.25, 0.3) is 0 Å². The molecule has 0 spiro atoms. The van der Waals surface area contributed by atoms with Crippen LogP contribution < -0.4 is 0 Å². The zero-order valence-electron chi connectivity index (χ0n) is 13.0. The monoisotopic (exact) mass is 322 g/mol. The Morgan fingerprint density at radius 3 is 2.90 bits per heavy atom. The van der Waals surface area contributed by atoms with Crippen LogP contribution in [0.15, 0.2) is 18.2 Å². The number of imidazole rings is 1. The number of aromatic nitrogens is 2. The Balaban J connectivity index is 2.08. The molecule has 1 heterocycles. The van der Waals surface area contributed by atoms with Gasteiger partial charge in [-0.2, -0.15) is 11.8 Å². The summed E-state index contributed by atoms with van der Waals surface area (Å²) in [5.41, 5.74) is 3.59. The van der Waals surface area contributed by atoms with E-state index in [1.807, 2.05) is 18.7 Å². The van der Waals surface area contributed by atoms with Gasteiger partial charge in [0.05, 0.1) is 16.4 Å². The van der Waals surface area contributed by atoms with Gasteiger partial charge in [0, 0.05) is 11.3 Å². The predicted molar refractivity (Wildman–Crippen MR) is 93.5 cm³/mol. The summed E-state index contributed by atoms with van der Waals surface area (Å²) in [5.74, 6) is 1.03. The van der Waals surface area contributed by atoms with E-state index in [2.05, 4.69) is 35.9 Å². The van der Waals surface area contributed by atoms with Gasteiger partial charge in [0.1, 0.15) is 5.82 Å². The standard InChI is InChI=1S/C17H23ClN2S/c1-11-7-8-16-15(9-11)19-17(12(2)18)20(16)13-5-4-6-14(10-13)21-3/h7-9,12-14H,4-6,10H2,1-3H3. The van der Waals surface area contributed by atoms with Gasteiger partial charge in [-0.3, -0.25) is 0 Å². The maximum absolute atomic E-state index is 6.42. The zero-order valence-corrected chi connectivity index (χ0v) is 14.5. The molecule has 114 valence electrons. The second-order valence-corrected chi connectivity index (χ2v) is 7.92. The molecule has 0 bridgehead atoms. The first-order valence-corrected chi connectivity index (χ1v) is 9.48. The van der Waals surface area contributed by atoms with Crippen LogP contribution in [0.4, 0.5) is 0 Å². The minimum absolute atomic E-state index is 0.0487. The van der Waals surface area contributed by atoms with Gasteiger partial charge in [-0.1, -0.05) is 12.5 Å². The van der Waals surface area contributed by atoms with Gasteiger partial charge < -0.3 is 4.57 Å². The quantitative estimate of drug-likeness (QED) is 0.695. The molecule has 0 radical (unpaired) electrons. The molecule has 3 rings (SSSR count). The van der Waals surface area contributed by atoms with Gasteiger partial charge in [0.2, 0.25) is 0 Å². The van der Waals surface area contributed by atoms with Crippen molar-refractivity contribution >= 4 is 34.4 Å². The highest BCUT2D eigenvalue weighted by Gasteiger charge is 2.27. The fraction of sp³-hybridized carbons (Fsp3) is 0.588. The maximum atomic E-state index is 6.42. The minimum atomic E-state index is -0.0487. The molecule has 21 heavy (non-hydrogen) atoms. The Hall–Kier alpha value is -0.670. The first-order chi connectivity index (χ1) is 10.1. The van der Waals surface area contributed by atoms with Crippen molar-refractivity contribution in [2.45, 2.75) is 56.2 Å². The van der Waals surface area contributed by atoms with Crippen LogP contribution in [0.3, 0.4) is 0 Å². The lowest BCUT2D eigenvalue weighted by Crippen LogP contribution is -2.22. The molecule has 0 saturated heterocycles. The second-order valence-electron chi connectivity index (χ2n) is 6.13. The maximum Gasteiger partial charge on any atom is 0.127 e. The van der Waals surface area contributed by atoms with Crippen molar-refractivity contribution in [3.63, 3.8) is 0 Å². The number of nitrogens with zero attached hydrogens (tertiary/aromatic N) is 2. The molecular formula is C17H23ClN2S. The number of rotatable bonds is 3. The van der Waals surface area contributed by atoms with Crippen LogP contribution in [-0.4, -0.2) is 21.1 Å². The molecule has 1 fully saturated rings. The third kappa shape index (κ3) is 2.95. The molecule has 1 aromatic carbocycles. The number of benzene rings is 1. The normalized spacial score (nSPS) is 24.4. The SMILES string of the molecule is CSC1CCCC(n2c(C(C)Cl)nc3cc(C)ccc32)C1. The summed E-state index contributed by atoms with van der Waals surface area (Å²) in [6.07, 6.45) is 7.35. The molecule has 1 aliphatic carbocycles. The average Bonchev–Trinajstić information content (AvgIpc) is 2.86. The molecule has 4 heteroatoms. The molecule has 2 aromatic rings. The first kappa shape index (κ1) is 15.2. The topological polar surface area (TPSA) is 17.8 Å². The molecule has 1 saturated carbocycles. The highest BCUT2D eigenvalue weighted by Crippen LogP contribution is 2.38. The summed E-state index contributed by atoms with van der Waals surface area (Å²) >= 11 is 8.42. The molecular weight excluding hydrogens is 300 g/mol. The number of fused-ring (bicyclic) bond motifs is 1. The molecule has 0 aliphatic heterocycles. The number of thioether (sulfide) groups is 1. The smallest absolute Gasteiger partial charge is 0.127 e. The van der Waals surface area contributed by atoms with E-state index in [1.165, 1.54) is 36.8 Å². The van der Waals surface area contributed by atoms with Gasteiger partial charge >= 0.3 is 0 Å². The summed E-state index contributed by atoms with van der Waals surface area (Å²) in [6, 6.07) is 7.10. The van der Waals surface area contributed by atoms with Crippen LogP contribution in [0.25, 0.3) is 11.0 Å².